The molecule has 0 heterocycles. The molecule has 4 atom stereocenters. The zero-order chi connectivity index (χ0) is 13.5. The van der Waals surface area contributed by atoms with Gasteiger partial charge in [0.25, 0.3) is 0 Å². The van der Waals surface area contributed by atoms with Crippen molar-refractivity contribution in [2.75, 3.05) is 6.61 Å². The first kappa shape index (κ1) is 13.4. The number of nitrogens with two attached hydrogens (primary N) is 1. The number of rotatable bonds is 4. The molecule has 0 aromatic rings. The monoisotopic (exact) mass is 266 g/mol. The average molecular weight is 266 g/mol. The predicted molar refractivity (Wildman–Crippen MR) is 73.6 cm³/mol. The van der Waals surface area contributed by atoms with Crippen LogP contribution in [0.5, 0.6) is 0 Å². The summed E-state index contributed by atoms with van der Waals surface area (Å²) >= 11 is 0. The Balaban J connectivity index is 1.54. The molecule has 3 fully saturated rings. The minimum Gasteiger partial charge on any atom is -0.378 e. The smallest absolute Gasteiger partial charge is 0.223 e. The lowest BCUT2D eigenvalue weighted by atomic mass is 9.51. The van der Waals surface area contributed by atoms with Gasteiger partial charge in [-0.05, 0) is 45.4 Å². The molecule has 1 spiro atoms. The highest BCUT2D eigenvalue weighted by molar-refractivity contribution is 5.79. The van der Waals surface area contributed by atoms with Gasteiger partial charge in [-0.1, -0.05) is 6.42 Å². The fourth-order valence-corrected chi connectivity index (χ4v) is 4.18. The van der Waals surface area contributed by atoms with Gasteiger partial charge in [0.05, 0.1) is 6.10 Å². The number of hydrogen-bond acceptors (Lipinski definition) is 3. The lowest BCUT2D eigenvalue weighted by Crippen LogP contribution is -2.68. The molecule has 4 unspecified atom stereocenters. The lowest BCUT2D eigenvalue weighted by Gasteiger charge is -2.61. The Morgan fingerprint density at radius 1 is 1.37 bits per heavy atom. The Morgan fingerprint density at radius 3 is 2.68 bits per heavy atom. The van der Waals surface area contributed by atoms with Crippen LogP contribution in [0.1, 0.15) is 51.9 Å². The summed E-state index contributed by atoms with van der Waals surface area (Å²) < 4.78 is 5.82. The van der Waals surface area contributed by atoms with E-state index in [0.29, 0.717) is 12.1 Å². The van der Waals surface area contributed by atoms with Crippen molar-refractivity contribution in [1.82, 2.24) is 5.32 Å². The fourth-order valence-electron chi connectivity index (χ4n) is 4.18. The summed E-state index contributed by atoms with van der Waals surface area (Å²) in [5.41, 5.74) is 6.16. The normalized spacial score (nSPS) is 39.7. The first-order valence-corrected chi connectivity index (χ1v) is 7.83. The van der Waals surface area contributed by atoms with Gasteiger partial charge in [-0.25, -0.2) is 0 Å². The standard InChI is InChI=1S/C15H26N2O2/c1-2-19-13-9-12(15(13)6-3-7-15)17-14(18)10-4-5-11(16)8-10/h10-13H,2-9,16H2,1H3,(H,17,18). The van der Waals surface area contributed by atoms with Gasteiger partial charge in [0.15, 0.2) is 0 Å². The maximum atomic E-state index is 12.3. The van der Waals surface area contributed by atoms with Crippen molar-refractivity contribution < 1.29 is 9.53 Å². The number of ether oxygens (including phenoxy) is 1. The Bertz CT molecular complexity index is 354. The van der Waals surface area contributed by atoms with Crippen molar-refractivity contribution >= 4 is 5.91 Å². The molecule has 0 saturated heterocycles. The number of hydrogen-bond donors (Lipinski definition) is 2. The van der Waals surface area contributed by atoms with Gasteiger partial charge in [-0.2, -0.15) is 0 Å². The summed E-state index contributed by atoms with van der Waals surface area (Å²) in [5.74, 6) is 0.387. The van der Waals surface area contributed by atoms with E-state index in [0.717, 1.165) is 32.3 Å². The Morgan fingerprint density at radius 2 is 2.16 bits per heavy atom. The minimum atomic E-state index is 0.151. The fraction of sp³-hybridized carbons (Fsp3) is 0.933. The molecule has 3 N–H and O–H groups in total. The Kier molecular flexibility index (Phi) is 3.56. The molecule has 0 aromatic carbocycles. The highest BCUT2D eigenvalue weighted by atomic mass is 16.5. The SMILES string of the molecule is CCOC1CC(NC(=O)C2CCC(N)C2)C12CCC2. The van der Waals surface area contributed by atoms with Gasteiger partial charge in [0.2, 0.25) is 5.91 Å². The second-order valence-electron chi connectivity index (χ2n) is 6.60. The topological polar surface area (TPSA) is 64.3 Å². The molecule has 108 valence electrons. The van der Waals surface area contributed by atoms with Crippen LogP contribution in [-0.2, 0) is 9.53 Å². The van der Waals surface area contributed by atoms with Gasteiger partial charge >= 0.3 is 0 Å². The molecular weight excluding hydrogens is 240 g/mol. The van der Waals surface area contributed by atoms with Crippen molar-refractivity contribution in [2.24, 2.45) is 17.1 Å². The van der Waals surface area contributed by atoms with Crippen molar-refractivity contribution in [3.8, 4) is 0 Å². The van der Waals surface area contributed by atoms with E-state index in [2.05, 4.69) is 12.2 Å². The van der Waals surface area contributed by atoms with Crippen molar-refractivity contribution in [2.45, 2.75) is 70.1 Å². The van der Waals surface area contributed by atoms with Gasteiger partial charge in [-0.15, -0.1) is 0 Å². The predicted octanol–water partition coefficient (Wildman–Crippen LogP) is 1.58. The van der Waals surface area contributed by atoms with Gasteiger partial charge in [0.1, 0.15) is 0 Å². The summed E-state index contributed by atoms with van der Waals surface area (Å²) in [5, 5.41) is 3.29. The van der Waals surface area contributed by atoms with Crippen LogP contribution in [0, 0.1) is 11.3 Å². The molecule has 0 aromatic heterocycles. The number of nitrogens with one attached hydrogen (secondary N) is 1. The molecule has 3 saturated carbocycles. The van der Waals surface area contributed by atoms with E-state index in [1.165, 1.54) is 19.3 Å². The van der Waals surface area contributed by atoms with Crippen LogP contribution in [0.15, 0.2) is 0 Å². The zero-order valence-corrected chi connectivity index (χ0v) is 11.9. The highest BCUT2D eigenvalue weighted by Gasteiger charge is 2.59. The summed E-state index contributed by atoms with van der Waals surface area (Å²) in [6.45, 7) is 2.84. The van der Waals surface area contributed by atoms with Gasteiger partial charge in [0, 0.05) is 30.0 Å². The number of carbonyl (C=O) groups excluding carboxylic acids is 1. The van der Waals surface area contributed by atoms with E-state index in [4.69, 9.17) is 10.5 Å². The Hall–Kier alpha value is -0.610. The van der Waals surface area contributed by atoms with Crippen LogP contribution in [-0.4, -0.2) is 30.7 Å². The molecule has 0 radical (unpaired) electrons. The van der Waals surface area contributed by atoms with Gasteiger partial charge < -0.3 is 15.8 Å². The number of carbonyl (C=O) groups is 1. The third-order valence-electron chi connectivity index (χ3n) is 5.60. The molecule has 4 nitrogen and oxygen atoms in total. The highest BCUT2D eigenvalue weighted by Crippen LogP contribution is 2.57. The van der Waals surface area contributed by atoms with Gasteiger partial charge in [-0.3, -0.25) is 4.79 Å². The number of amides is 1. The van der Waals surface area contributed by atoms with E-state index < -0.39 is 0 Å². The Labute approximate surface area is 115 Å². The third-order valence-corrected chi connectivity index (χ3v) is 5.60. The minimum absolute atomic E-state index is 0.151. The average Bonchev–Trinajstić information content (AvgIpc) is 2.72. The summed E-state index contributed by atoms with van der Waals surface area (Å²) in [6.07, 6.45) is 7.90. The quantitative estimate of drug-likeness (QED) is 0.812. The van der Waals surface area contributed by atoms with E-state index in [1.54, 1.807) is 0 Å². The van der Waals surface area contributed by atoms with Crippen LogP contribution in [0.2, 0.25) is 0 Å². The van der Waals surface area contributed by atoms with E-state index >= 15 is 0 Å². The molecule has 1 amide bonds. The van der Waals surface area contributed by atoms with Crippen LogP contribution in [0.25, 0.3) is 0 Å². The van der Waals surface area contributed by atoms with Crippen LogP contribution in [0.3, 0.4) is 0 Å². The van der Waals surface area contributed by atoms with Crippen molar-refractivity contribution in [3.63, 3.8) is 0 Å². The second kappa shape index (κ2) is 5.06. The second-order valence-corrected chi connectivity index (χ2v) is 6.60. The summed E-state index contributed by atoms with van der Waals surface area (Å²) in [4.78, 5) is 12.3. The molecule has 3 aliphatic rings. The molecule has 3 aliphatic carbocycles. The lowest BCUT2D eigenvalue weighted by molar-refractivity contribution is -0.176. The third kappa shape index (κ3) is 2.19. The van der Waals surface area contributed by atoms with Crippen molar-refractivity contribution in [1.29, 1.82) is 0 Å². The maximum Gasteiger partial charge on any atom is 0.223 e. The molecule has 4 heteroatoms. The van der Waals surface area contributed by atoms with Crippen LogP contribution in [0.4, 0.5) is 0 Å². The van der Waals surface area contributed by atoms with Crippen LogP contribution >= 0.6 is 0 Å². The van der Waals surface area contributed by atoms with Crippen LogP contribution < -0.4 is 11.1 Å². The first-order chi connectivity index (χ1) is 9.15. The van der Waals surface area contributed by atoms with Crippen molar-refractivity contribution in [3.05, 3.63) is 0 Å². The van der Waals surface area contributed by atoms with E-state index in [-0.39, 0.29) is 23.3 Å². The molecular formula is C15H26N2O2. The maximum absolute atomic E-state index is 12.3. The molecule has 0 aliphatic heterocycles. The first-order valence-electron chi connectivity index (χ1n) is 7.83. The molecule has 0 bridgehead atoms. The van der Waals surface area contributed by atoms with E-state index in [1.807, 2.05) is 0 Å². The molecule has 3 rings (SSSR count). The summed E-state index contributed by atoms with van der Waals surface area (Å²) in [6, 6.07) is 0.577. The molecule has 19 heavy (non-hydrogen) atoms. The zero-order valence-electron chi connectivity index (χ0n) is 11.9. The summed E-state index contributed by atoms with van der Waals surface area (Å²) in [7, 11) is 0. The van der Waals surface area contributed by atoms with E-state index in [9.17, 15) is 4.79 Å². The largest absolute Gasteiger partial charge is 0.378 e.